The number of rotatable bonds is 3. The minimum atomic E-state index is 0.112. The summed E-state index contributed by atoms with van der Waals surface area (Å²) in [5.41, 5.74) is 2.75. The van der Waals surface area contributed by atoms with Crippen molar-refractivity contribution in [2.24, 2.45) is 5.41 Å². The lowest BCUT2D eigenvalue weighted by atomic mass is 9.78. The Morgan fingerprint density at radius 2 is 2.05 bits per heavy atom. The fourth-order valence-corrected chi connectivity index (χ4v) is 3.64. The molecule has 0 bridgehead atoms. The Hall–Kier alpha value is -1.55. The standard InChI is InChI=1S/C18H26N2O2/c1-14-3-4-16(15(2)11-14)22-12-17(21)20-9-6-18(7-10-20)5-8-19-13-18/h3-4,11,19H,5-10,12-13H2,1-2H3. The first kappa shape index (κ1) is 15.3. The first-order valence-corrected chi connectivity index (χ1v) is 8.27. The van der Waals surface area contributed by atoms with Gasteiger partial charge in [0.25, 0.3) is 5.91 Å². The Kier molecular flexibility index (Phi) is 4.39. The smallest absolute Gasteiger partial charge is 0.260 e. The summed E-state index contributed by atoms with van der Waals surface area (Å²) < 4.78 is 5.72. The molecule has 0 aliphatic carbocycles. The molecule has 4 nitrogen and oxygen atoms in total. The first-order valence-electron chi connectivity index (χ1n) is 8.27. The molecule has 22 heavy (non-hydrogen) atoms. The van der Waals surface area contributed by atoms with Crippen LogP contribution >= 0.6 is 0 Å². The van der Waals surface area contributed by atoms with E-state index >= 15 is 0 Å². The van der Waals surface area contributed by atoms with Gasteiger partial charge in [0, 0.05) is 19.6 Å². The Bertz CT molecular complexity index is 540. The second-order valence-corrected chi connectivity index (χ2v) is 6.87. The molecule has 2 aliphatic heterocycles. The van der Waals surface area contributed by atoms with Crippen molar-refractivity contribution in [3.8, 4) is 5.75 Å². The molecule has 2 saturated heterocycles. The molecule has 0 radical (unpaired) electrons. The normalized spacial score (nSPS) is 20.4. The van der Waals surface area contributed by atoms with Gasteiger partial charge in [-0.05, 0) is 56.7 Å². The van der Waals surface area contributed by atoms with Gasteiger partial charge < -0.3 is 15.0 Å². The van der Waals surface area contributed by atoms with Crippen molar-refractivity contribution in [2.45, 2.75) is 33.1 Å². The number of hydrogen-bond acceptors (Lipinski definition) is 3. The van der Waals surface area contributed by atoms with Crippen LogP contribution in [0.4, 0.5) is 0 Å². The van der Waals surface area contributed by atoms with Gasteiger partial charge in [-0.25, -0.2) is 0 Å². The van der Waals surface area contributed by atoms with Gasteiger partial charge in [0.2, 0.25) is 0 Å². The molecule has 0 aromatic heterocycles. The third-order valence-corrected chi connectivity index (χ3v) is 5.19. The number of ether oxygens (including phenoxy) is 1. The van der Waals surface area contributed by atoms with E-state index in [0.29, 0.717) is 5.41 Å². The number of likely N-dealkylation sites (tertiary alicyclic amines) is 1. The lowest BCUT2D eigenvalue weighted by Gasteiger charge is -2.38. The van der Waals surface area contributed by atoms with E-state index in [4.69, 9.17) is 4.74 Å². The van der Waals surface area contributed by atoms with Crippen molar-refractivity contribution in [2.75, 3.05) is 32.8 Å². The predicted octanol–water partition coefficient (Wildman–Crippen LogP) is 2.28. The van der Waals surface area contributed by atoms with Gasteiger partial charge in [-0.3, -0.25) is 4.79 Å². The van der Waals surface area contributed by atoms with Gasteiger partial charge >= 0.3 is 0 Å². The Balaban J connectivity index is 1.50. The highest BCUT2D eigenvalue weighted by Crippen LogP contribution is 2.36. The van der Waals surface area contributed by atoms with E-state index in [1.807, 2.05) is 24.0 Å². The molecule has 2 fully saturated rings. The summed E-state index contributed by atoms with van der Waals surface area (Å²) in [7, 11) is 0. The SMILES string of the molecule is Cc1ccc(OCC(=O)N2CCC3(CCNC3)CC2)c(C)c1. The maximum absolute atomic E-state index is 12.3. The molecule has 0 saturated carbocycles. The van der Waals surface area contributed by atoms with Crippen molar-refractivity contribution in [1.82, 2.24) is 10.2 Å². The Morgan fingerprint density at radius 1 is 1.27 bits per heavy atom. The highest BCUT2D eigenvalue weighted by Gasteiger charge is 2.37. The molecule has 2 aliphatic rings. The molecule has 0 unspecified atom stereocenters. The van der Waals surface area contributed by atoms with Crippen molar-refractivity contribution in [1.29, 1.82) is 0 Å². The van der Waals surface area contributed by atoms with Crippen LogP contribution < -0.4 is 10.1 Å². The number of nitrogens with zero attached hydrogens (tertiary/aromatic N) is 1. The molecular formula is C18H26N2O2. The second-order valence-electron chi connectivity index (χ2n) is 6.87. The maximum atomic E-state index is 12.3. The van der Waals surface area contributed by atoms with Crippen molar-refractivity contribution < 1.29 is 9.53 Å². The lowest BCUT2D eigenvalue weighted by molar-refractivity contribution is -0.135. The molecule has 120 valence electrons. The first-order chi connectivity index (χ1) is 10.6. The van der Waals surface area contributed by atoms with Crippen molar-refractivity contribution >= 4 is 5.91 Å². The molecule has 0 atom stereocenters. The molecule has 1 spiro atoms. The van der Waals surface area contributed by atoms with Crippen LogP contribution in [0.25, 0.3) is 0 Å². The highest BCUT2D eigenvalue weighted by molar-refractivity contribution is 5.78. The van der Waals surface area contributed by atoms with Crippen LogP contribution in [0, 0.1) is 19.3 Å². The van der Waals surface area contributed by atoms with E-state index in [-0.39, 0.29) is 12.5 Å². The largest absolute Gasteiger partial charge is 0.484 e. The van der Waals surface area contributed by atoms with Crippen LogP contribution in [-0.4, -0.2) is 43.6 Å². The van der Waals surface area contributed by atoms with Gasteiger partial charge in [0.05, 0.1) is 0 Å². The van der Waals surface area contributed by atoms with Crippen LogP contribution in [0.2, 0.25) is 0 Å². The Labute approximate surface area is 132 Å². The number of benzene rings is 1. The number of nitrogens with one attached hydrogen (secondary N) is 1. The minimum absolute atomic E-state index is 0.112. The summed E-state index contributed by atoms with van der Waals surface area (Å²) in [4.78, 5) is 14.3. The van der Waals surface area contributed by atoms with Gasteiger partial charge in [0.1, 0.15) is 5.75 Å². The zero-order valence-corrected chi connectivity index (χ0v) is 13.7. The molecule has 4 heteroatoms. The maximum Gasteiger partial charge on any atom is 0.260 e. The molecular weight excluding hydrogens is 276 g/mol. The summed E-state index contributed by atoms with van der Waals surface area (Å²) in [6.45, 7) is 8.22. The van der Waals surface area contributed by atoms with Crippen LogP contribution in [0.15, 0.2) is 18.2 Å². The average molecular weight is 302 g/mol. The van der Waals surface area contributed by atoms with Crippen LogP contribution in [0.1, 0.15) is 30.4 Å². The number of carbonyl (C=O) groups is 1. The van der Waals surface area contributed by atoms with Gasteiger partial charge in [0.15, 0.2) is 6.61 Å². The van der Waals surface area contributed by atoms with Crippen molar-refractivity contribution in [3.05, 3.63) is 29.3 Å². The molecule has 2 heterocycles. The number of piperidine rings is 1. The topological polar surface area (TPSA) is 41.6 Å². The molecule has 3 rings (SSSR count). The van der Waals surface area contributed by atoms with Crippen LogP contribution in [-0.2, 0) is 4.79 Å². The van der Waals surface area contributed by atoms with Crippen LogP contribution in [0.5, 0.6) is 5.75 Å². The quantitative estimate of drug-likeness (QED) is 0.931. The molecule has 1 aromatic rings. The molecule has 1 N–H and O–H groups in total. The zero-order valence-electron chi connectivity index (χ0n) is 13.7. The number of aryl methyl sites for hydroxylation is 2. The summed E-state index contributed by atoms with van der Waals surface area (Å²) in [6, 6.07) is 6.05. The summed E-state index contributed by atoms with van der Waals surface area (Å²) in [6.07, 6.45) is 3.50. The van der Waals surface area contributed by atoms with E-state index in [2.05, 4.69) is 18.3 Å². The van der Waals surface area contributed by atoms with Gasteiger partial charge in [-0.15, -0.1) is 0 Å². The third-order valence-electron chi connectivity index (χ3n) is 5.19. The lowest BCUT2D eigenvalue weighted by Crippen LogP contribution is -2.45. The summed E-state index contributed by atoms with van der Waals surface area (Å²) in [5, 5.41) is 3.46. The second kappa shape index (κ2) is 6.29. The van der Waals surface area contributed by atoms with E-state index in [1.165, 1.54) is 12.0 Å². The minimum Gasteiger partial charge on any atom is -0.484 e. The van der Waals surface area contributed by atoms with E-state index in [0.717, 1.165) is 50.3 Å². The zero-order chi connectivity index (χ0) is 15.6. The molecule has 1 aromatic carbocycles. The number of hydrogen-bond donors (Lipinski definition) is 1. The van der Waals surface area contributed by atoms with Gasteiger partial charge in [-0.1, -0.05) is 17.7 Å². The van der Waals surface area contributed by atoms with Crippen LogP contribution in [0.3, 0.4) is 0 Å². The van der Waals surface area contributed by atoms with E-state index in [9.17, 15) is 4.79 Å². The Morgan fingerprint density at radius 3 is 2.68 bits per heavy atom. The average Bonchev–Trinajstić information content (AvgIpc) is 2.95. The van der Waals surface area contributed by atoms with Crippen molar-refractivity contribution in [3.63, 3.8) is 0 Å². The third kappa shape index (κ3) is 3.27. The fourth-order valence-electron chi connectivity index (χ4n) is 3.64. The van der Waals surface area contributed by atoms with Gasteiger partial charge in [-0.2, -0.15) is 0 Å². The highest BCUT2D eigenvalue weighted by atomic mass is 16.5. The van der Waals surface area contributed by atoms with E-state index < -0.39 is 0 Å². The molecule has 1 amide bonds. The monoisotopic (exact) mass is 302 g/mol. The number of carbonyl (C=O) groups excluding carboxylic acids is 1. The summed E-state index contributed by atoms with van der Waals surface area (Å²) in [5.74, 6) is 0.924. The summed E-state index contributed by atoms with van der Waals surface area (Å²) >= 11 is 0. The number of amides is 1. The van der Waals surface area contributed by atoms with E-state index in [1.54, 1.807) is 0 Å². The predicted molar refractivity (Wildman–Crippen MR) is 87.1 cm³/mol. The fraction of sp³-hybridized carbons (Fsp3) is 0.611.